The number of hydrogen-bond donors (Lipinski definition) is 3. The molecule has 4 rings (SSSR count). The van der Waals surface area contributed by atoms with Crippen LogP contribution in [0.3, 0.4) is 0 Å². The molecule has 0 aliphatic carbocycles. The minimum atomic E-state index is -4.63. The molecule has 0 heterocycles. The van der Waals surface area contributed by atoms with Crippen molar-refractivity contribution in [2.24, 2.45) is 10.2 Å². The van der Waals surface area contributed by atoms with Crippen LogP contribution in [0.4, 0.5) is 17.1 Å². The number of nitrogens with one attached hydrogen (secondary N) is 1. The number of benzene rings is 4. The molecule has 12 heteroatoms. The maximum Gasteiger partial charge on any atom is 0.296 e. The number of phenols is 1. The highest BCUT2D eigenvalue weighted by molar-refractivity contribution is 7.86. The Bertz CT molecular complexity index is 1710. The fourth-order valence-electron chi connectivity index (χ4n) is 3.76. The first-order valence-corrected chi connectivity index (χ1v) is 13.3. The number of anilines is 1. The smallest absolute Gasteiger partial charge is 0.296 e. The molecular weight excluding hydrogens is 553 g/mol. The van der Waals surface area contributed by atoms with E-state index < -0.39 is 26.7 Å². The lowest BCUT2D eigenvalue weighted by molar-refractivity contribution is 0.102. The van der Waals surface area contributed by atoms with Crippen LogP contribution in [-0.4, -0.2) is 31.1 Å². The SMILES string of the molecule is CCc1cc(N=Nc2c(O)c(C(=O)Nc3ccc(Cl)cc3OC)cc3ccccc23)c(Cl)c(S(=O)(=O)O)c1. The second kappa shape index (κ2) is 11.0. The van der Waals surface area contributed by atoms with Crippen molar-refractivity contribution in [2.75, 3.05) is 12.4 Å². The van der Waals surface area contributed by atoms with E-state index in [0.29, 0.717) is 39.2 Å². The number of nitrogens with zero attached hydrogens (tertiary/aromatic N) is 2. The highest BCUT2D eigenvalue weighted by Crippen LogP contribution is 2.41. The molecule has 0 unspecified atom stereocenters. The standard InChI is InChI=1S/C26H21Cl2N3O6S/c1-3-14-10-20(23(28)22(11-14)38(34,35)36)30-31-24-17-7-5-4-6-15(17)12-18(25(24)32)26(33)29-19-9-8-16(27)13-21(19)37-2/h4-13,32H,3H2,1-2H3,(H,29,33)(H,34,35,36). The first-order valence-electron chi connectivity index (χ1n) is 11.1. The summed E-state index contributed by atoms with van der Waals surface area (Å²) >= 11 is 12.2. The van der Waals surface area contributed by atoms with Crippen molar-refractivity contribution in [2.45, 2.75) is 18.2 Å². The van der Waals surface area contributed by atoms with E-state index in [0.717, 1.165) is 0 Å². The molecule has 9 nitrogen and oxygen atoms in total. The number of aryl methyl sites for hydroxylation is 1. The maximum atomic E-state index is 13.2. The molecule has 0 radical (unpaired) electrons. The lowest BCUT2D eigenvalue weighted by Crippen LogP contribution is -2.13. The average molecular weight is 574 g/mol. The van der Waals surface area contributed by atoms with Gasteiger partial charge in [-0.05, 0) is 47.7 Å². The second-order valence-corrected chi connectivity index (χ2v) is 10.3. The first-order chi connectivity index (χ1) is 18.0. The normalized spacial score (nSPS) is 11.7. The van der Waals surface area contributed by atoms with Crippen molar-refractivity contribution in [1.82, 2.24) is 0 Å². The Hall–Kier alpha value is -3.70. The number of azo groups is 1. The minimum absolute atomic E-state index is 0.0390. The number of amides is 1. The molecule has 4 aromatic carbocycles. The van der Waals surface area contributed by atoms with Gasteiger partial charge in [0.05, 0.1) is 23.4 Å². The van der Waals surface area contributed by atoms with Gasteiger partial charge >= 0.3 is 0 Å². The molecule has 1 amide bonds. The molecule has 0 aliphatic rings. The summed E-state index contributed by atoms with van der Waals surface area (Å²) < 4.78 is 38.5. The van der Waals surface area contributed by atoms with Gasteiger partial charge in [-0.3, -0.25) is 9.35 Å². The Morgan fingerprint density at radius 2 is 1.79 bits per heavy atom. The van der Waals surface area contributed by atoms with Crippen LogP contribution < -0.4 is 10.1 Å². The van der Waals surface area contributed by atoms with Gasteiger partial charge in [0, 0.05) is 16.5 Å². The van der Waals surface area contributed by atoms with Crippen molar-refractivity contribution in [3.05, 3.63) is 81.8 Å². The summed E-state index contributed by atoms with van der Waals surface area (Å²) in [5.74, 6) is -0.785. The summed E-state index contributed by atoms with van der Waals surface area (Å²) in [7, 11) is -3.20. The summed E-state index contributed by atoms with van der Waals surface area (Å²) in [6.45, 7) is 1.79. The van der Waals surface area contributed by atoms with Crippen LogP contribution in [0.15, 0.2) is 75.8 Å². The van der Waals surface area contributed by atoms with Crippen molar-refractivity contribution >= 4 is 67.1 Å². The number of fused-ring (bicyclic) bond motifs is 1. The Kier molecular flexibility index (Phi) is 7.89. The van der Waals surface area contributed by atoms with E-state index in [1.807, 2.05) is 0 Å². The summed E-state index contributed by atoms with van der Waals surface area (Å²) in [5.41, 5.74) is 0.695. The van der Waals surface area contributed by atoms with E-state index in [9.17, 15) is 22.9 Å². The molecule has 0 bridgehead atoms. The molecular formula is C26H21Cl2N3O6S. The number of carbonyl (C=O) groups excluding carboxylic acids is 1. The Labute approximate surface area is 228 Å². The zero-order valence-corrected chi connectivity index (χ0v) is 22.4. The van der Waals surface area contributed by atoms with Gasteiger partial charge in [-0.15, -0.1) is 10.2 Å². The molecule has 3 N–H and O–H groups in total. The first kappa shape index (κ1) is 27.3. The summed E-state index contributed by atoms with van der Waals surface area (Å²) in [5, 5.41) is 23.2. The molecule has 0 atom stereocenters. The number of hydrogen-bond acceptors (Lipinski definition) is 7. The number of halogens is 2. The maximum absolute atomic E-state index is 13.2. The van der Waals surface area contributed by atoms with Crippen LogP contribution in [0.2, 0.25) is 10.0 Å². The average Bonchev–Trinajstić information content (AvgIpc) is 2.88. The quantitative estimate of drug-likeness (QED) is 0.156. The van der Waals surface area contributed by atoms with Crippen molar-refractivity contribution in [1.29, 1.82) is 0 Å². The van der Waals surface area contributed by atoms with E-state index in [2.05, 4.69) is 15.5 Å². The van der Waals surface area contributed by atoms with Gasteiger partial charge < -0.3 is 15.2 Å². The third-order valence-electron chi connectivity index (χ3n) is 5.68. The minimum Gasteiger partial charge on any atom is -0.505 e. The van der Waals surface area contributed by atoms with Gasteiger partial charge in [-0.2, -0.15) is 8.42 Å². The number of aromatic hydroxyl groups is 1. The molecule has 196 valence electrons. The summed E-state index contributed by atoms with van der Waals surface area (Å²) in [6, 6.07) is 15.8. The van der Waals surface area contributed by atoms with E-state index >= 15 is 0 Å². The predicted octanol–water partition coefficient (Wildman–Crippen LogP) is 7.34. The van der Waals surface area contributed by atoms with Crippen molar-refractivity contribution in [3.8, 4) is 11.5 Å². The zero-order valence-electron chi connectivity index (χ0n) is 20.1. The molecule has 38 heavy (non-hydrogen) atoms. The third kappa shape index (κ3) is 5.58. The molecule has 0 saturated heterocycles. The Morgan fingerprint density at radius 3 is 2.47 bits per heavy atom. The molecule has 4 aromatic rings. The summed E-state index contributed by atoms with van der Waals surface area (Å²) in [6.07, 6.45) is 0.431. The molecule has 0 aliphatic heterocycles. The van der Waals surface area contributed by atoms with Crippen LogP contribution in [-0.2, 0) is 16.5 Å². The van der Waals surface area contributed by atoms with Gasteiger partial charge in [0.25, 0.3) is 16.0 Å². The number of rotatable bonds is 7. The lowest BCUT2D eigenvalue weighted by Gasteiger charge is -2.13. The monoisotopic (exact) mass is 573 g/mol. The van der Waals surface area contributed by atoms with Crippen LogP contribution in [0.5, 0.6) is 11.5 Å². The topological polar surface area (TPSA) is 138 Å². The largest absolute Gasteiger partial charge is 0.505 e. The second-order valence-electron chi connectivity index (χ2n) is 8.10. The van der Waals surface area contributed by atoms with Crippen LogP contribution in [0.25, 0.3) is 10.8 Å². The number of carbonyl (C=O) groups is 1. The summed E-state index contributed by atoms with van der Waals surface area (Å²) in [4.78, 5) is 12.7. The predicted molar refractivity (Wildman–Crippen MR) is 146 cm³/mol. The van der Waals surface area contributed by atoms with Gasteiger partial charge in [-0.1, -0.05) is 54.4 Å². The van der Waals surface area contributed by atoms with Crippen LogP contribution in [0, 0.1) is 0 Å². The highest BCUT2D eigenvalue weighted by Gasteiger charge is 2.21. The number of methoxy groups -OCH3 is 1. The van der Waals surface area contributed by atoms with Gasteiger partial charge in [0.15, 0.2) is 5.75 Å². The highest BCUT2D eigenvalue weighted by atomic mass is 35.5. The number of ether oxygens (including phenoxy) is 1. The molecule has 0 fully saturated rings. The van der Waals surface area contributed by atoms with Crippen LogP contribution in [0.1, 0.15) is 22.8 Å². The van der Waals surface area contributed by atoms with Gasteiger partial charge in [-0.25, -0.2) is 0 Å². The van der Waals surface area contributed by atoms with Crippen molar-refractivity contribution in [3.63, 3.8) is 0 Å². The van der Waals surface area contributed by atoms with E-state index in [1.165, 1.54) is 31.4 Å². The molecule has 0 spiro atoms. The fourth-order valence-corrected chi connectivity index (χ4v) is 4.99. The van der Waals surface area contributed by atoms with E-state index in [-0.39, 0.29) is 22.0 Å². The third-order valence-corrected chi connectivity index (χ3v) is 7.30. The molecule has 0 saturated carbocycles. The van der Waals surface area contributed by atoms with Gasteiger partial charge in [0.2, 0.25) is 0 Å². The van der Waals surface area contributed by atoms with E-state index in [4.69, 9.17) is 27.9 Å². The lowest BCUT2D eigenvalue weighted by atomic mass is 10.0. The van der Waals surface area contributed by atoms with Crippen molar-refractivity contribution < 1.29 is 27.6 Å². The Balaban J connectivity index is 1.83. The number of phenolic OH excluding ortho intramolecular Hbond substituents is 1. The van der Waals surface area contributed by atoms with Crippen LogP contribution >= 0.6 is 23.2 Å². The Morgan fingerprint density at radius 1 is 1.05 bits per heavy atom. The van der Waals surface area contributed by atoms with Gasteiger partial charge in [0.1, 0.15) is 22.0 Å². The zero-order chi connectivity index (χ0) is 27.6. The molecule has 0 aromatic heterocycles. The van der Waals surface area contributed by atoms with E-state index in [1.54, 1.807) is 43.3 Å². The fraction of sp³-hybridized carbons (Fsp3) is 0.115.